The molecule has 4 heteroatoms. The van der Waals surface area contributed by atoms with E-state index in [9.17, 15) is 0 Å². The van der Waals surface area contributed by atoms with Gasteiger partial charge in [0.1, 0.15) is 0 Å². The van der Waals surface area contributed by atoms with Crippen LogP contribution in [0.3, 0.4) is 0 Å². The molecule has 0 amide bonds. The number of anilines is 2. The molecule has 0 aliphatic heterocycles. The molecule has 0 saturated carbocycles. The van der Waals surface area contributed by atoms with Crippen molar-refractivity contribution in [3.63, 3.8) is 0 Å². The molecule has 1 heterocycles. The van der Waals surface area contributed by atoms with Crippen LogP contribution in [0.15, 0.2) is 41.1 Å². The lowest BCUT2D eigenvalue weighted by Gasteiger charge is -2.09. The van der Waals surface area contributed by atoms with Crippen molar-refractivity contribution in [3.05, 3.63) is 41.1 Å². The second-order valence-corrected chi connectivity index (χ2v) is 4.85. The molecule has 0 unspecified atom stereocenters. The van der Waals surface area contributed by atoms with Crippen molar-refractivity contribution >= 4 is 27.6 Å². The Bertz CT molecular complexity index is 479. The first kappa shape index (κ1) is 12.2. The van der Waals surface area contributed by atoms with Gasteiger partial charge in [-0.25, -0.2) is 4.98 Å². The average molecular weight is 294 g/mol. The summed E-state index contributed by atoms with van der Waals surface area (Å²) >= 11 is 3.46. The number of hydrogen-bond acceptors (Lipinski definition) is 2. The topological polar surface area (TPSA) is 29.9 Å². The van der Waals surface area contributed by atoms with Gasteiger partial charge >= 0.3 is 0 Å². The minimum atomic E-state index is 0.900. The van der Waals surface area contributed by atoms with E-state index in [-0.39, 0.29) is 0 Å². The van der Waals surface area contributed by atoms with Gasteiger partial charge < -0.3 is 9.88 Å². The maximum absolute atomic E-state index is 4.33. The Kier molecular flexibility index (Phi) is 4.20. The number of nitrogens with zero attached hydrogens (tertiary/aromatic N) is 2. The highest BCUT2D eigenvalue weighted by Gasteiger charge is 2.02. The summed E-state index contributed by atoms with van der Waals surface area (Å²) < 4.78 is 3.21. The third kappa shape index (κ3) is 3.33. The Hall–Kier alpha value is -1.29. The smallest absolute Gasteiger partial charge is 0.207 e. The van der Waals surface area contributed by atoms with Crippen molar-refractivity contribution in [1.82, 2.24) is 9.55 Å². The summed E-state index contributed by atoms with van der Waals surface area (Å²) in [7, 11) is 0. The van der Waals surface area contributed by atoms with Gasteiger partial charge in [-0.05, 0) is 24.6 Å². The summed E-state index contributed by atoms with van der Waals surface area (Å²) in [6.07, 6.45) is 6.20. The number of aromatic nitrogens is 2. The van der Waals surface area contributed by atoms with Gasteiger partial charge in [-0.3, -0.25) is 0 Å². The third-order valence-corrected chi connectivity index (χ3v) is 3.04. The molecule has 0 bridgehead atoms. The summed E-state index contributed by atoms with van der Waals surface area (Å²) in [4.78, 5) is 4.33. The second-order valence-electron chi connectivity index (χ2n) is 3.93. The SMILES string of the molecule is CCCCn1ccnc1Nc1cccc(Br)c1. The molecular weight excluding hydrogens is 278 g/mol. The Balaban J connectivity index is 2.10. The van der Waals surface area contributed by atoms with Crippen LogP contribution < -0.4 is 5.32 Å². The first-order valence-corrected chi connectivity index (χ1v) is 6.62. The minimum absolute atomic E-state index is 0.900. The number of hydrogen-bond donors (Lipinski definition) is 1. The minimum Gasteiger partial charge on any atom is -0.326 e. The molecule has 2 rings (SSSR count). The van der Waals surface area contributed by atoms with Crippen molar-refractivity contribution in [1.29, 1.82) is 0 Å². The molecule has 0 aliphatic carbocycles. The van der Waals surface area contributed by atoms with E-state index in [4.69, 9.17) is 0 Å². The van der Waals surface area contributed by atoms with Crippen molar-refractivity contribution in [2.24, 2.45) is 0 Å². The fraction of sp³-hybridized carbons (Fsp3) is 0.308. The molecule has 1 N–H and O–H groups in total. The number of aryl methyl sites for hydroxylation is 1. The number of halogens is 1. The van der Waals surface area contributed by atoms with Crippen LogP contribution >= 0.6 is 15.9 Å². The van der Waals surface area contributed by atoms with Gasteiger partial charge in [0.05, 0.1) is 0 Å². The number of nitrogens with one attached hydrogen (secondary N) is 1. The predicted molar refractivity (Wildman–Crippen MR) is 74.6 cm³/mol. The number of imidazole rings is 1. The van der Waals surface area contributed by atoms with Crippen LogP contribution in [0.25, 0.3) is 0 Å². The molecule has 1 aromatic heterocycles. The molecule has 90 valence electrons. The Morgan fingerprint density at radius 2 is 2.29 bits per heavy atom. The lowest BCUT2D eigenvalue weighted by molar-refractivity contribution is 0.638. The lowest BCUT2D eigenvalue weighted by Crippen LogP contribution is -2.03. The van der Waals surface area contributed by atoms with E-state index in [1.807, 2.05) is 36.7 Å². The molecule has 0 atom stereocenters. The predicted octanol–water partition coefficient (Wildman–Crippen LogP) is 4.19. The average Bonchev–Trinajstić information content (AvgIpc) is 2.74. The van der Waals surface area contributed by atoms with E-state index in [1.165, 1.54) is 12.8 Å². The summed E-state index contributed by atoms with van der Waals surface area (Å²) in [6, 6.07) is 8.09. The van der Waals surface area contributed by atoms with Crippen LogP contribution in [-0.2, 0) is 6.54 Å². The summed E-state index contributed by atoms with van der Waals surface area (Å²) in [5.41, 5.74) is 1.04. The quantitative estimate of drug-likeness (QED) is 0.896. The van der Waals surface area contributed by atoms with Crippen LogP contribution in [-0.4, -0.2) is 9.55 Å². The van der Waals surface area contributed by atoms with E-state index in [1.54, 1.807) is 0 Å². The van der Waals surface area contributed by atoms with Crippen LogP contribution in [0.4, 0.5) is 11.6 Å². The monoisotopic (exact) mass is 293 g/mol. The van der Waals surface area contributed by atoms with E-state index in [2.05, 4.69) is 37.7 Å². The van der Waals surface area contributed by atoms with E-state index >= 15 is 0 Å². The highest BCUT2D eigenvalue weighted by molar-refractivity contribution is 9.10. The molecule has 3 nitrogen and oxygen atoms in total. The molecule has 0 spiro atoms. The number of rotatable bonds is 5. The Morgan fingerprint density at radius 3 is 3.06 bits per heavy atom. The first-order chi connectivity index (χ1) is 8.29. The maximum Gasteiger partial charge on any atom is 0.207 e. The van der Waals surface area contributed by atoms with E-state index in [0.717, 1.165) is 22.7 Å². The zero-order chi connectivity index (χ0) is 12.1. The van der Waals surface area contributed by atoms with E-state index < -0.39 is 0 Å². The van der Waals surface area contributed by atoms with Crippen molar-refractivity contribution in [2.45, 2.75) is 26.3 Å². The summed E-state index contributed by atoms with van der Waals surface area (Å²) in [5.74, 6) is 0.900. The fourth-order valence-electron chi connectivity index (χ4n) is 1.64. The van der Waals surface area contributed by atoms with Gasteiger partial charge in [-0.15, -0.1) is 0 Å². The normalized spacial score (nSPS) is 10.5. The van der Waals surface area contributed by atoms with Crippen LogP contribution in [0, 0.1) is 0 Å². The van der Waals surface area contributed by atoms with Crippen molar-refractivity contribution < 1.29 is 0 Å². The molecule has 0 saturated heterocycles. The zero-order valence-corrected chi connectivity index (χ0v) is 11.4. The van der Waals surface area contributed by atoms with Crippen LogP contribution in [0.5, 0.6) is 0 Å². The highest BCUT2D eigenvalue weighted by Crippen LogP contribution is 2.19. The maximum atomic E-state index is 4.33. The zero-order valence-electron chi connectivity index (χ0n) is 9.86. The summed E-state index contributed by atoms with van der Waals surface area (Å²) in [6.45, 7) is 3.20. The third-order valence-electron chi connectivity index (χ3n) is 2.55. The largest absolute Gasteiger partial charge is 0.326 e. The molecule has 0 radical (unpaired) electrons. The first-order valence-electron chi connectivity index (χ1n) is 5.83. The van der Waals surface area contributed by atoms with Crippen molar-refractivity contribution in [3.8, 4) is 0 Å². The Labute approximate surface area is 110 Å². The van der Waals surface area contributed by atoms with Crippen LogP contribution in [0.1, 0.15) is 19.8 Å². The molecule has 1 aromatic carbocycles. The van der Waals surface area contributed by atoms with Gasteiger partial charge in [-0.2, -0.15) is 0 Å². The number of unbranched alkanes of at least 4 members (excludes halogenated alkanes) is 1. The molecule has 0 fully saturated rings. The molecule has 17 heavy (non-hydrogen) atoms. The molecule has 0 aliphatic rings. The van der Waals surface area contributed by atoms with Gasteiger partial charge in [0.2, 0.25) is 5.95 Å². The van der Waals surface area contributed by atoms with Gasteiger partial charge in [0.15, 0.2) is 0 Å². The Morgan fingerprint density at radius 1 is 1.41 bits per heavy atom. The van der Waals surface area contributed by atoms with Gasteiger partial charge in [0.25, 0.3) is 0 Å². The molecule has 2 aromatic rings. The second kappa shape index (κ2) is 5.87. The van der Waals surface area contributed by atoms with Crippen LogP contribution in [0.2, 0.25) is 0 Å². The fourth-order valence-corrected chi connectivity index (χ4v) is 2.04. The molecular formula is C13H16BrN3. The van der Waals surface area contributed by atoms with E-state index in [0.29, 0.717) is 0 Å². The number of benzene rings is 1. The summed E-state index contributed by atoms with van der Waals surface area (Å²) in [5, 5.41) is 3.32. The van der Waals surface area contributed by atoms with Crippen molar-refractivity contribution in [2.75, 3.05) is 5.32 Å². The van der Waals surface area contributed by atoms with Gasteiger partial charge in [0, 0.05) is 29.1 Å². The lowest BCUT2D eigenvalue weighted by atomic mass is 10.3. The highest BCUT2D eigenvalue weighted by atomic mass is 79.9. The standard InChI is InChI=1S/C13H16BrN3/c1-2-3-8-17-9-7-15-13(17)16-12-6-4-5-11(14)10-12/h4-7,9-10H,2-3,8H2,1H3,(H,15,16). The van der Waals surface area contributed by atoms with Gasteiger partial charge in [-0.1, -0.05) is 35.3 Å².